The van der Waals surface area contributed by atoms with Crippen LogP contribution in [-0.2, 0) is 9.59 Å². The first-order valence-corrected chi connectivity index (χ1v) is 6.00. The largest absolute Gasteiger partial charge is 0.481 e. The van der Waals surface area contributed by atoms with E-state index < -0.39 is 23.7 Å². The van der Waals surface area contributed by atoms with E-state index in [-0.39, 0.29) is 12.8 Å². The Morgan fingerprint density at radius 2 is 2.16 bits per heavy atom. The average Bonchev–Trinajstić information content (AvgIpc) is 2.36. The molecule has 1 amide bonds. The molecule has 5 nitrogen and oxygen atoms in total. The number of rotatable bonds is 6. The van der Waals surface area contributed by atoms with E-state index in [0.29, 0.717) is 12.2 Å². The number of halogens is 1. The minimum Gasteiger partial charge on any atom is -0.481 e. The molecule has 19 heavy (non-hydrogen) atoms. The Hall–Kier alpha value is -1.95. The van der Waals surface area contributed by atoms with Crippen molar-refractivity contribution >= 4 is 17.6 Å². The van der Waals surface area contributed by atoms with Crippen molar-refractivity contribution in [3.05, 3.63) is 30.1 Å². The summed E-state index contributed by atoms with van der Waals surface area (Å²) in [6.45, 7) is 2.08. The average molecular weight is 268 g/mol. The van der Waals surface area contributed by atoms with Crippen LogP contribution in [0.25, 0.3) is 0 Å². The SMILES string of the molecule is CCN(C(=O)C(N)CCC(=O)O)c1cccc(F)c1. The summed E-state index contributed by atoms with van der Waals surface area (Å²) >= 11 is 0. The first kappa shape index (κ1) is 15.1. The lowest BCUT2D eigenvalue weighted by Crippen LogP contribution is -2.44. The maximum Gasteiger partial charge on any atom is 0.303 e. The highest BCUT2D eigenvalue weighted by Crippen LogP contribution is 2.16. The Bertz CT molecular complexity index is 465. The van der Waals surface area contributed by atoms with E-state index in [1.807, 2.05) is 0 Å². The number of hydrogen-bond acceptors (Lipinski definition) is 3. The first-order valence-electron chi connectivity index (χ1n) is 6.00. The highest BCUT2D eigenvalue weighted by molar-refractivity contribution is 5.97. The van der Waals surface area contributed by atoms with Gasteiger partial charge in [0, 0.05) is 18.7 Å². The third-order valence-electron chi connectivity index (χ3n) is 2.69. The van der Waals surface area contributed by atoms with Gasteiger partial charge < -0.3 is 15.7 Å². The molecular weight excluding hydrogens is 251 g/mol. The summed E-state index contributed by atoms with van der Waals surface area (Å²) in [6, 6.07) is 4.73. The Morgan fingerprint density at radius 3 is 2.68 bits per heavy atom. The predicted molar refractivity (Wildman–Crippen MR) is 69.3 cm³/mol. The molecule has 6 heteroatoms. The maximum atomic E-state index is 13.1. The molecule has 0 aliphatic carbocycles. The standard InChI is InChI=1S/C13H17FN2O3/c1-2-16(10-5-3-4-9(14)8-10)13(19)11(15)6-7-12(17)18/h3-5,8,11H,2,6-7,15H2,1H3,(H,17,18). The Labute approximate surface area is 110 Å². The van der Waals surface area contributed by atoms with Crippen LogP contribution in [0, 0.1) is 5.82 Å². The van der Waals surface area contributed by atoms with Gasteiger partial charge in [-0.15, -0.1) is 0 Å². The molecule has 0 fully saturated rings. The molecule has 1 aromatic carbocycles. The van der Waals surface area contributed by atoms with E-state index in [4.69, 9.17) is 10.8 Å². The second-order valence-electron chi connectivity index (χ2n) is 4.10. The van der Waals surface area contributed by atoms with E-state index in [1.165, 1.54) is 23.1 Å². The Balaban J connectivity index is 2.79. The number of carbonyl (C=O) groups is 2. The van der Waals surface area contributed by atoms with Crippen molar-refractivity contribution in [2.24, 2.45) is 5.73 Å². The summed E-state index contributed by atoms with van der Waals surface area (Å²) in [4.78, 5) is 23.9. The van der Waals surface area contributed by atoms with Crippen LogP contribution < -0.4 is 10.6 Å². The lowest BCUT2D eigenvalue weighted by atomic mass is 10.1. The van der Waals surface area contributed by atoms with Crippen LogP contribution >= 0.6 is 0 Å². The number of nitrogens with two attached hydrogens (primary N) is 1. The van der Waals surface area contributed by atoms with Gasteiger partial charge in [-0.2, -0.15) is 0 Å². The van der Waals surface area contributed by atoms with E-state index in [0.717, 1.165) is 0 Å². The summed E-state index contributed by atoms with van der Waals surface area (Å²) < 4.78 is 13.1. The van der Waals surface area contributed by atoms with Crippen molar-refractivity contribution < 1.29 is 19.1 Å². The number of nitrogens with zero attached hydrogens (tertiary/aromatic N) is 1. The van der Waals surface area contributed by atoms with Crippen molar-refractivity contribution in [2.45, 2.75) is 25.8 Å². The summed E-state index contributed by atoms with van der Waals surface area (Å²) in [5.74, 6) is -1.85. The number of carbonyl (C=O) groups excluding carboxylic acids is 1. The maximum absolute atomic E-state index is 13.1. The monoisotopic (exact) mass is 268 g/mol. The second-order valence-corrected chi connectivity index (χ2v) is 4.10. The van der Waals surface area contributed by atoms with E-state index in [1.54, 1.807) is 13.0 Å². The van der Waals surface area contributed by atoms with Crippen LogP contribution in [0.5, 0.6) is 0 Å². The number of likely N-dealkylation sites (N-methyl/N-ethyl adjacent to an activating group) is 1. The van der Waals surface area contributed by atoms with Crippen LogP contribution in [0.3, 0.4) is 0 Å². The second kappa shape index (κ2) is 6.84. The molecule has 0 spiro atoms. The van der Waals surface area contributed by atoms with Gasteiger partial charge >= 0.3 is 5.97 Å². The number of anilines is 1. The quantitative estimate of drug-likeness (QED) is 0.816. The zero-order valence-corrected chi connectivity index (χ0v) is 10.7. The number of hydrogen-bond donors (Lipinski definition) is 2. The van der Waals surface area contributed by atoms with Gasteiger partial charge in [-0.05, 0) is 31.5 Å². The molecule has 1 atom stereocenters. The van der Waals surface area contributed by atoms with E-state index >= 15 is 0 Å². The molecule has 1 rings (SSSR count). The molecule has 3 N–H and O–H groups in total. The Kier molecular flexibility index (Phi) is 5.44. The zero-order valence-electron chi connectivity index (χ0n) is 10.7. The number of amides is 1. The molecule has 0 saturated heterocycles. The number of carboxylic acids is 1. The molecule has 0 aliphatic rings. The molecule has 0 aromatic heterocycles. The van der Waals surface area contributed by atoms with Crippen molar-refractivity contribution in [3.8, 4) is 0 Å². The summed E-state index contributed by atoms with van der Waals surface area (Å²) in [5, 5.41) is 8.56. The first-order chi connectivity index (χ1) is 8.95. The highest BCUT2D eigenvalue weighted by atomic mass is 19.1. The van der Waals surface area contributed by atoms with Gasteiger partial charge in [0.25, 0.3) is 0 Å². The van der Waals surface area contributed by atoms with Crippen molar-refractivity contribution in [2.75, 3.05) is 11.4 Å². The lowest BCUT2D eigenvalue weighted by Gasteiger charge is -2.24. The summed E-state index contributed by atoms with van der Waals surface area (Å²) in [6.07, 6.45) is -0.117. The smallest absolute Gasteiger partial charge is 0.303 e. The molecule has 1 unspecified atom stereocenters. The molecule has 1 aromatic rings. The molecular formula is C13H17FN2O3. The normalized spacial score (nSPS) is 11.9. The molecule has 0 bridgehead atoms. The third-order valence-corrected chi connectivity index (χ3v) is 2.69. The zero-order chi connectivity index (χ0) is 14.4. The topological polar surface area (TPSA) is 83.6 Å². The van der Waals surface area contributed by atoms with Crippen LogP contribution in [0.2, 0.25) is 0 Å². The highest BCUT2D eigenvalue weighted by Gasteiger charge is 2.22. The predicted octanol–water partition coefficient (Wildman–Crippen LogP) is 1.37. The van der Waals surface area contributed by atoms with Crippen molar-refractivity contribution in [1.82, 2.24) is 0 Å². The Morgan fingerprint density at radius 1 is 1.47 bits per heavy atom. The van der Waals surface area contributed by atoms with Gasteiger partial charge in [0.15, 0.2) is 0 Å². The van der Waals surface area contributed by atoms with Gasteiger partial charge in [0.1, 0.15) is 5.82 Å². The van der Waals surface area contributed by atoms with E-state index in [9.17, 15) is 14.0 Å². The fourth-order valence-corrected chi connectivity index (χ4v) is 1.71. The van der Waals surface area contributed by atoms with Gasteiger partial charge in [-0.25, -0.2) is 4.39 Å². The van der Waals surface area contributed by atoms with Crippen LogP contribution in [0.1, 0.15) is 19.8 Å². The fourth-order valence-electron chi connectivity index (χ4n) is 1.71. The number of aliphatic carboxylic acids is 1. The molecule has 0 aliphatic heterocycles. The third kappa shape index (κ3) is 4.33. The number of carboxylic acid groups (broad SMARTS) is 1. The summed E-state index contributed by atoms with van der Waals surface area (Å²) in [7, 11) is 0. The fraction of sp³-hybridized carbons (Fsp3) is 0.385. The van der Waals surface area contributed by atoms with E-state index in [2.05, 4.69) is 0 Å². The number of benzene rings is 1. The van der Waals surface area contributed by atoms with Gasteiger partial charge in [0.2, 0.25) is 5.91 Å². The van der Waals surface area contributed by atoms with Crippen molar-refractivity contribution in [1.29, 1.82) is 0 Å². The van der Waals surface area contributed by atoms with Crippen LogP contribution in [0.4, 0.5) is 10.1 Å². The minimum atomic E-state index is -1.00. The van der Waals surface area contributed by atoms with Gasteiger partial charge in [-0.1, -0.05) is 6.07 Å². The molecule has 0 heterocycles. The molecule has 0 saturated carbocycles. The lowest BCUT2D eigenvalue weighted by molar-refractivity contribution is -0.137. The van der Waals surface area contributed by atoms with Crippen LogP contribution in [-0.4, -0.2) is 29.6 Å². The minimum absolute atomic E-state index is 0.0555. The van der Waals surface area contributed by atoms with Gasteiger partial charge in [-0.3, -0.25) is 9.59 Å². The molecule has 104 valence electrons. The van der Waals surface area contributed by atoms with Crippen molar-refractivity contribution in [3.63, 3.8) is 0 Å². The molecule has 0 radical (unpaired) electrons. The summed E-state index contributed by atoms with van der Waals surface area (Å²) in [5.41, 5.74) is 6.08. The van der Waals surface area contributed by atoms with Crippen LogP contribution in [0.15, 0.2) is 24.3 Å². The van der Waals surface area contributed by atoms with Gasteiger partial charge in [0.05, 0.1) is 6.04 Å².